The van der Waals surface area contributed by atoms with Crippen LogP contribution in [0.25, 0.3) is 16.7 Å². The minimum Gasteiger partial charge on any atom is -0.456 e. The molecule has 8 atom stereocenters. The molecule has 27 nitrogen and oxygen atoms in total. The summed E-state index contributed by atoms with van der Waals surface area (Å²) in [5, 5.41) is 18.6. The molecule has 85 heavy (non-hydrogen) atoms. The maximum atomic E-state index is 14.7. The van der Waals surface area contributed by atoms with Gasteiger partial charge in [-0.15, -0.1) is 0 Å². The third kappa shape index (κ3) is 13.5. The number of carbonyl (C=O) groups excluding carboxylic acids is 3. The van der Waals surface area contributed by atoms with Crippen LogP contribution >= 0.6 is 22.4 Å². The van der Waals surface area contributed by atoms with Gasteiger partial charge in [0.25, 0.3) is 11.5 Å². The van der Waals surface area contributed by atoms with Crippen LogP contribution in [0.3, 0.4) is 0 Å². The highest BCUT2D eigenvalue weighted by Crippen LogP contribution is 2.66. The number of nitrogen functional groups attached to an aromatic ring is 1. The molecule has 4 aliphatic rings. The van der Waals surface area contributed by atoms with Crippen LogP contribution in [0, 0.1) is 0 Å². The highest BCUT2D eigenvalue weighted by atomic mass is 32.5. The Balaban J connectivity index is 0.864. The number of hydrogen-bond acceptors (Lipinski definition) is 18. The smallest absolute Gasteiger partial charge is 0.456 e. The van der Waals surface area contributed by atoms with Crippen LogP contribution < -0.4 is 46.7 Å². The van der Waals surface area contributed by atoms with Crippen molar-refractivity contribution in [1.29, 1.82) is 0 Å². The average molecular weight is 1260 g/mol. The number of hydrogen-bond donors (Lipinski definition) is 9. The van der Waals surface area contributed by atoms with Crippen molar-refractivity contribution in [2.45, 2.75) is 129 Å². The summed E-state index contributed by atoms with van der Waals surface area (Å²) in [5.41, 5.74) is 11.1. The Labute approximate surface area is 494 Å². The first-order chi connectivity index (χ1) is 39.8. The molecule has 3 amide bonds. The first kappa shape index (κ1) is 63.5. The quantitative estimate of drug-likeness (QED) is 0.0290. The Bertz CT molecular complexity index is 3820. The third-order valence-corrected chi connectivity index (χ3v) is 20.3. The summed E-state index contributed by atoms with van der Waals surface area (Å²) >= 11 is 4.11. The minimum atomic E-state index is -5.72. The number of amides is 3. The van der Waals surface area contributed by atoms with Gasteiger partial charge in [-0.05, 0) is 107 Å². The molecular weight excluding hydrogens is 1190 g/mol. The van der Waals surface area contributed by atoms with E-state index in [0.29, 0.717) is 5.56 Å². The summed E-state index contributed by atoms with van der Waals surface area (Å²) < 4.78 is 59.4. The lowest BCUT2D eigenvalue weighted by molar-refractivity contribution is -0.121. The van der Waals surface area contributed by atoms with Gasteiger partial charge in [-0.3, -0.25) is 28.5 Å². The van der Waals surface area contributed by atoms with E-state index in [-0.39, 0.29) is 84.3 Å². The second-order valence-electron chi connectivity index (χ2n) is 22.9. The standard InChI is InChI=1S/C54H71N10O17P3S/c1-10-63-37-23-39-35(21-33(37)29(3)25-53(63,5)6)43(36-22-34-30(4)26-54(7,8)64(11-2)38(34)24-40(36)77-39)31-15-12-13-16-32(31)49(68)61(9)20-14-17-42(65)56-18-19-57-52(69)79-46-41(27-76-82(70,71)80-83(72,73)81-84(74,75)85)78-50(45(46)66)62-28-58-44-47(62)59-51(55)60-48(44)67/h12-13,15-16,21-24,28-30,41,45-46,50,66H,10-11,14,17-20,25-27H2,1-9H3,(H8-,55,56,57,59,60,65,67,69,70,71,72,73,74,75,85)/p+1/t29?,30?,41-,45-,46-,50-/m1/s1. The molecule has 4 aliphatic heterocycles. The van der Waals surface area contributed by atoms with Gasteiger partial charge in [0.2, 0.25) is 17.2 Å². The number of benzene rings is 3. The fourth-order valence-corrected chi connectivity index (χ4v) is 16.2. The summed E-state index contributed by atoms with van der Waals surface area (Å²) in [6, 6.07) is 16.5. The number of H-pyrrole nitrogens is 1. The predicted octanol–water partition coefficient (Wildman–Crippen LogP) is 4.45. The van der Waals surface area contributed by atoms with E-state index in [1.807, 2.05) is 24.3 Å². The Hall–Kier alpha value is -5.96. The zero-order chi connectivity index (χ0) is 61.9. The van der Waals surface area contributed by atoms with Gasteiger partial charge in [0.05, 0.1) is 19.0 Å². The molecule has 6 heterocycles. The maximum Gasteiger partial charge on any atom is 0.488 e. The number of alkyl carbamates (subject to hydrolysis) is 1. The zero-order valence-electron chi connectivity index (χ0n) is 48.4. The third-order valence-electron chi connectivity index (χ3n) is 15.8. The van der Waals surface area contributed by atoms with Crippen molar-refractivity contribution in [3.05, 3.63) is 104 Å². The second kappa shape index (κ2) is 24.3. The molecule has 3 aromatic carbocycles. The van der Waals surface area contributed by atoms with E-state index in [0.717, 1.165) is 81.3 Å². The SMILES string of the molecule is CCN1c2cc3c(cc2C(C)CC1(C)C)C(c1ccccc1C(=O)N(C)CCCC(=O)NCCNC(=O)O[C@H]1[C@@H](O)[C@H](n2cnc4c(=O)[nH]c(N)nc42)O[C@@H]1COP(=O)(O)OP(=O)(O)OP(O)(O)=S)=c1cc2c(cc1O3)=[N+](CC)C(C)(C)CC2C. The molecule has 9 rings (SSSR count). The Morgan fingerprint density at radius 1 is 0.953 bits per heavy atom. The van der Waals surface area contributed by atoms with Crippen molar-refractivity contribution in [2.24, 2.45) is 0 Å². The summed E-state index contributed by atoms with van der Waals surface area (Å²) in [6.45, 7) is 13.6. The lowest BCUT2D eigenvalue weighted by Gasteiger charge is -2.47. The highest BCUT2D eigenvalue weighted by Gasteiger charge is 2.50. The number of nitrogens with zero attached hydrogens (tertiary/aromatic N) is 6. The van der Waals surface area contributed by atoms with E-state index >= 15 is 0 Å². The first-order valence-corrected chi connectivity index (χ1v) is 33.3. The molecule has 0 bridgehead atoms. The van der Waals surface area contributed by atoms with Crippen molar-refractivity contribution in [3.8, 4) is 11.5 Å². The van der Waals surface area contributed by atoms with E-state index in [2.05, 4.69) is 135 Å². The van der Waals surface area contributed by atoms with Gasteiger partial charge in [0.15, 0.2) is 29.0 Å². The predicted molar refractivity (Wildman–Crippen MR) is 316 cm³/mol. The molecule has 460 valence electrons. The van der Waals surface area contributed by atoms with Gasteiger partial charge in [-0.25, -0.2) is 27.8 Å². The van der Waals surface area contributed by atoms with Crippen LogP contribution in [0.1, 0.15) is 132 Å². The molecule has 0 radical (unpaired) electrons. The molecule has 5 aromatic rings. The number of nitrogens with two attached hydrogens (primary N) is 1. The van der Waals surface area contributed by atoms with Gasteiger partial charge in [0.1, 0.15) is 30.3 Å². The number of fused-ring (bicyclic) bond motifs is 5. The van der Waals surface area contributed by atoms with Gasteiger partial charge < -0.3 is 65.1 Å². The fourth-order valence-electron chi connectivity index (χ4n) is 12.5. The van der Waals surface area contributed by atoms with E-state index in [4.69, 9.17) is 24.5 Å². The molecule has 2 aromatic heterocycles. The summed E-state index contributed by atoms with van der Waals surface area (Å²) in [5.74, 6) is 0.987. The number of aromatic nitrogens is 4. The van der Waals surface area contributed by atoms with Crippen molar-refractivity contribution >= 4 is 80.5 Å². The normalized spacial score (nSPS) is 22.7. The number of phosphoric ester groups is 1. The van der Waals surface area contributed by atoms with E-state index < -0.39 is 65.2 Å². The molecule has 1 saturated heterocycles. The lowest BCUT2D eigenvalue weighted by Crippen LogP contribution is -2.52. The number of phosphoric acid groups is 2. The van der Waals surface area contributed by atoms with Crippen LogP contribution in [0.2, 0.25) is 0 Å². The van der Waals surface area contributed by atoms with Gasteiger partial charge in [-0.2, -0.15) is 9.29 Å². The summed E-state index contributed by atoms with van der Waals surface area (Å²) in [4.78, 5) is 106. The van der Waals surface area contributed by atoms with E-state index in [9.17, 15) is 53.0 Å². The minimum absolute atomic E-state index is 0.0128. The maximum absolute atomic E-state index is 14.7. The fraction of sp³-hybridized carbons (Fsp3) is 0.500. The topological polar surface area (TPSA) is 365 Å². The molecule has 0 saturated carbocycles. The number of carbonyl (C=O) groups is 3. The number of anilines is 2. The number of imidazole rings is 1. The van der Waals surface area contributed by atoms with Crippen LogP contribution in [-0.2, 0) is 48.4 Å². The number of aromatic amines is 1. The molecule has 31 heteroatoms. The van der Waals surface area contributed by atoms with E-state index in [1.54, 1.807) is 11.9 Å². The van der Waals surface area contributed by atoms with Crippen molar-refractivity contribution in [3.63, 3.8) is 0 Å². The van der Waals surface area contributed by atoms with Gasteiger partial charge in [0, 0.05) is 90.8 Å². The van der Waals surface area contributed by atoms with Crippen molar-refractivity contribution < 1.29 is 75.5 Å². The van der Waals surface area contributed by atoms with Crippen LogP contribution in [-0.4, -0.2) is 143 Å². The van der Waals surface area contributed by atoms with Gasteiger partial charge >= 0.3 is 28.5 Å². The largest absolute Gasteiger partial charge is 0.488 e. The number of aliphatic hydroxyl groups excluding tert-OH is 1. The highest BCUT2D eigenvalue weighted by molar-refractivity contribution is 8.08. The molecular formula is C54H72N10O17P3S+. The Morgan fingerprint density at radius 3 is 2.36 bits per heavy atom. The number of ether oxygens (including phenoxy) is 3. The Morgan fingerprint density at radius 2 is 1.66 bits per heavy atom. The zero-order valence-corrected chi connectivity index (χ0v) is 51.9. The molecule has 4 unspecified atom stereocenters. The van der Waals surface area contributed by atoms with Crippen molar-refractivity contribution in [1.82, 2.24) is 39.6 Å². The number of rotatable bonds is 20. The number of nitrogens with one attached hydrogen (secondary N) is 3. The monoisotopic (exact) mass is 1260 g/mol. The van der Waals surface area contributed by atoms with Crippen LogP contribution in [0.5, 0.6) is 11.5 Å². The van der Waals surface area contributed by atoms with Crippen molar-refractivity contribution in [2.75, 3.05) is 57.0 Å². The second-order valence-corrected chi connectivity index (χ2v) is 28.7. The first-order valence-electron chi connectivity index (χ1n) is 27.7. The summed E-state index contributed by atoms with van der Waals surface area (Å²) in [6.07, 6.45) is -4.78. The molecule has 0 aliphatic carbocycles. The lowest BCUT2D eigenvalue weighted by atomic mass is 9.77. The number of aliphatic hydroxyl groups is 1. The molecule has 10 N–H and O–H groups in total. The van der Waals surface area contributed by atoms with Crippen LogP contribution in [0.4, 0.5) is 16.4 Å². The van der Waals surface area contributed by atoms with E-state index in [1.165, 1.54) is 11.1 Å². The molecule has 0 spiro atoms. The van der Waals surface area contributed by atoms with Gasteiger partial charge in [-0.1, -0.05) is 32.0 Å². The van der Waals surface area contributed by atoms with Crippen LogP contribution in [0.15, 0.2) is 59.7 Å². The molecule has 1 fully saturated rings. The average Bonchev–Trinajstić information content (AvgIpc) is 1.39. The summed E-state index contributed by atoms with van der Waals surface area (Å²) in [7, 11) is -9.67. The Kier molecular flexibility index (Phi) is 18.2.